The van der Waals surface area contributed by atoms with Gasteiger partial charge in [0, 0.05) is 5.37 Å². The van der Waals surface area contributed by atoms with E-state index < -0.39 is 0 Å². The van der Waals surface area contributed by atoms with Gasteiger partial charge in [0.1, 0.15) is 0 Å². The summed E-state index contributed by atoms with van der Waals surface area (Å²) in [5.74, 6) is 0. The van der Waals surface area contributed by atoms with Gasteiger partial charge in [-0.05, 0) is 24.0 Å². The Balaban J connectivity index is 2.32. The van der Waals surface area contributed by atoms with E-state index in [-0.39, 0.29) is 0 Å². The van der Waals surface area contributed by atoms with Crippen LogP contribution in [0.5, 0.6) is 0 Å². The average molecular weight is 206 g/mol. The normalized spacial score (nSPS) is 10.1. The van der Waals surface area contributed by atoms with Crippen molar-refractivity contribution in [2.45, 2.75) is 39.0 Å². The molecule has 0 aromatic heterocycles. The highest BCUT2D eigenvalue weighted by Gasteiger charge is 1.93. The van der Waals surface area contributed by atoms with Crippen molar-refractivity contribution in [2.24, 2.45) is 0 Å². The number of benzene rings is 1. The summed E-state index contributed by atoms with van der Waals surface area (Å²) in [7, 11) is 0. The molecule has 0 aliphatic carbocycles. The molecule has 1 aromatic carbocycles. The minimum Gasteiger partial charge on any atom is -0.0881 e. The van der Waals surface area contributed by atoms with Crippen molar-refractivity contribution >= 4 is 17.6 Å². The van der Waals surface area contributed by atoms with Gasteiger partial charge in [-0.3, -0.25) is 0 Å². The Labute approximate surface area is 92.3 Å². The second kappa shape index (κ2) is 6.72. The van der Waals surface area contributed by atoms with Gasteiger partial charge < -0.3 is 0 Å². The maximum Gasteiger partial charge on any atom is 0.00861 e. The van der Waals surface area contributed by atoms with Crippen molar-refractivity contribution in [3.05, 3.63) is 35.4 Å². The van der Waals surface area contributed by atoms with Gasteiger partial charge in [0.05, 0.1) is 0 Å². The van der Waals surface area contributed by atoms with Crippen LogP contribution in [-0.4, -0.2) is 5.37 Å². The predicted molar refractivity (Wildman–Crippen MR) is 67.0 cm³/mol. The van der Waals surface area contributed by atoms with Gasteiger partial charge in [-0.2, -0.15) is 0 Å². The van der Waals surface area contributed by atoms with Gasteiger partial charge in [0.15, 0.2) is 0 Å². The highest BCUT2D eigenvalue weighted by atomic mass is 32.1. The first kappa shape index (κ1) is 11.4. The number of aryl methyl sites for hydroxylation is 1. The minimum absolute atomic E-state index is 1.14. The quantitative estimate of drug-likeness (QED) is 0.497. The van der Waals surface area contributed by atoms with E-state index >= 15 is 0 Å². The van der Waals surface area contributed by atoms with E-state index in [0.29, 0.717) is 0 Å². The molecule has 0 saturated carbocycles. The second-order valence-electron chi connectivity index (χ2n) is 3.67. The van der Waals surface area contributed by atoms with Gasteiger partial charge >= 0.3 is 0 Å². The van der Waals surface area contributed by atoms with Crippen LogP contribution in [-0.2, 0) is 6.42 Å². The largest absolute Gasteiger partial charge is 0.0881 e. The van der Waals surface area contributed by atoms with Gasteiger partial charge in [0.25, 0.3) is 0 Å². The van der Waals surface area contributed by atoms with Crippen LogP contribution >= 0.6 is 12.2 Å². The van der Waals surface area contributed by atoms with Crippen molar-refractivity contribution in [1.29, 1.82) is 0 Å². The lowest BCUT2D eigenvalue weighted by Gasteiger charge is -2.01. The van der Waals surface area contributed by atoms with Crippen molar-refractivity contribution in [2.75, 3.05) is 0 Å². The molecular weight excluding hydrogens is 188 g/mol. The summed E-state index contributed by atoms with van der Waals surface area (Å²) >= 11 is 4.86. The molecule has 0 fully saturated rings. The van der Waals surface area contributed by atoms with E-state index in [9.17, 15) is 0 Å². The van der Waals surface area contributed by atoms with Crippen LogP contribution in [0.2, 0.25) is 0 Å². The highest BCUT2D eigenvalue weighted by Crippen LogP contribution is 2.08. The lowest BCUT2D eigenvalue weighted by molar-refractivity contribution is 0.667. The molecule has 1 rings (SSSR count). The molecule has 0 nitrogen and oxygen atoms in total. The first-order valence-electron chi connectivity index (χ1n) is 5.41. The molecule has 14 heavy (non-hydrogen) atoms. The summed E-state index contributed by atoms with van der Waals surface area (Å²) in [6.07, 6.45) is 6.54. The zero-order valence-electron chi connectivity index (χ0n) is 8.83. The fourth-order valence-corrected chi connectivity index (χ4v) is 1.68. The molecule has 1 heteroatoms. The molecule has 0 heterocycles. The van der Waals surface area contributed by atoms with Crippen molar-refractivity contribution < 1.29 is 0 Å². The Hall–Kier alpha value is -0.690. The summed E-state index contributed by atoms with van der Waals surface area (Å²) in [5.41, 5.74) is 2.57. The Kier molecular flexibility index (Phi) is 5.46. The van der Waals surface area contributed by atoms with Crippen molar-refractivity contribution in [3.63, 3.8) is 0 Å². The Morgan fingerprint density at radius 3 is 2.36 bits per heavy atom. The van der Waals surface area contributed by atoms with E-state index in [1.165, 1.54) is 37.7 Å². The van der Waals surface area contributed by atoms with Crippen LogP contribution in [0.3, 0.4) is 0 Å². The molecule has 0 spiro atoms. The molecule has 0 aliphatic rings. The smallest absolute Gasteiger partial charge is 0.00861 e. The number of hydrogen-bond acceptors (Lipinski definition) is 1. The minimum atomic E-state index is 1.14. The Morgan fingerprint density at radius 1 is 1.07 bits per heavy atom. The molecule has 1 aromatic rings. The number of rotatable bonds is 6. The summed E-state index contributed by atoms with van der Waals surface area (Å²) in [6, 6.07) is 8.57. The molecule has 0 N–H and O–H groups in total. The third kappa shape index (κ3) is 4.01. The first-order valence-corrected chi connectivity index (χ1v) is 5.88. The van der Waals surface area contributed by atoms with E-state index in [0.717, 1.165) is 5.56 Å². The predicted octanol–water partition coefficient (Wildman–Crippen LogP) is 4.16. The van der Waals surface area contributed by atoms with E-state index in [4.69, 9.17) is 12.2 Å². The van der Waals surface area contributed by atoms with Crippen molar-refractivity contribution in [3.8, 4) is 0 Å². The Bertz CT molecular complexity index is 261. The van der Waals surface area contributed by atoms with Crippen LogP contribution in [0, 0.1) is 0 Å². The number of hydrogen-bond donors (Lipinski definition) is 0. The monoisotopic (exact) mass is 206 g/mol. The fraction of sp³-hybridized carbons (Fsp3) is 0.462. The number of unbranched alkanes of at least 4 members (excludes halogenated alkanes) is 3. The molecule has 0 atom stereocenters. The van der Waals surface area contributed by atoms with Gasteiger partial charge in [-0.1, -0.05) is 62.7 Å². The van der Waals surface area contributed by atoms with Crippen LogP contribution < -0.4 is 0 Å². The van der Waals surface area contributed by atoms with Gasteiger partial charge in [0.2, 0.25) is 0 Å². The third-order valence-electron chi connectivity index (χ3n) is 2.43. The van der Waals surface area contributed by atoms with Crippen LogP contribution in [0.25, 0.3) is 0 Å². The summed E-state index contributed by atoms with van der Waals surface area (Å²) in [4.78, 5) is 0. The third-order valence-corrected chi connectivity index (χ3v) is 2.71. The first-order chi connectivity index (χ1) is 6.86. The molecule has 0 radical (unpaired) electrons. The summed E-state index contributed by atoms with van der Waals surface area (Å²) < 4.78 is 0. The second-order valence-corrected chi connectivity index (χ2v) is 3.91. The van der Waals surface area contributed by atoms with Crippen molar-refractivity contribution in [1.82, 2.24) is 0 Å². The lowest BCUT2D eigenvalue weighted by atomic mass is 10.1. The summed E-state index contributed by atoms with van der Waals surface area (Å²) in [5, 5.41) is 1.72. The maximum absolute atomic E-state index is 4.86. The van der Waals surface area contributed by atoms with Gasteiger partial charge in [-0.25, -0.2) is 0 Å². The zero-order chi connectivity index (χ0) is 10.2. The van der Waals surface area contributed by atoms with Crippen LogP contribution in [0.1, 0.15) is 43.7 Å². The fourth-order valence-electron chi connectivity index (χ4n) is 1.52. The molecule has 0 aliphatic heterocycles. The van der Waals surface area contributed by atoms with Gasteiger partial charge in [-0.15, -0.1) is 0 Å². The lowest BCUT2D eigenvalue weighted by Crippen LogP contribution is -1.86. The molecule has 0 unspecified atom stereocenters. The van der Waals surface area contributed by atoms with E-state index in [1.54, 1.807) is 5.37 Å². The molecular formula is C13H18S. The van der Waals surface area contributed by atoms with Crippen LogP contribution in [0.15, 0.2) is 24.3 Å². The number of thiocarbonyl (C=S) groups is 1. The SMILES string of the molecule is CCCCCCc1ccc(C=S)cc1. The molecule has 0 bridgehead atoms. The molecule has 0 saturated heterocycles. The molecule has 0 amide bonds. The van der Waals surface area contributed by atoms with E-state index in [1.807, 2.05) is 0 Å². The maximum atomic E-state index is 4.86. The standard InChI is InChI=1S/C13H18S/c1-2-3-4-5-6-12-7-9-13(11-14)10-8-12/h7-11H,2-6H2,1H3. The average Bonchev–Trinajstić information content (AvgIpc) is 2.25. The molecule has 76 valence electrons. The highest BCUT2D eigenvalue weighted by molar-refractivity contribution is 7.79. The van der Waals surface area contributed by atoms with Crippen LogP contribution in [0.4, 0.5) is 0 Å². The summed E-state index contributed by atoms with van der Waals surface area (Å²) in [6.45, 7) is 2.24. The Morgan fingerprint density at radius 2 is 1.79 bits per heavy atom. The zero-order valence-corrected chi connectivity index (χ0v) is 9.65. The topological polar surface area (TPSA) is 0 Å². The van der Waals surface area contributed by atoms with E-state index in [2.05, 4.69) is 31.2 Å².